The highest BCUT2D eigenvalue weighted by Crippen LogP contribution is 2.26. The Balaban J connectivity index is 2.04. The van der Waals surface area contributed by atoms with Gasteiger partial charge in [-0.1, -0.05) is 11.6 Å². The van der Waals surface area contributed by atoms with Crippen LogP contribution >= 0.6 is 11.6 Å². The minimum atomic E-state index is -1.53. The Labute approximate surface area is 142 Å². The molecular formula is C15H15ClN2O6. The molecule has 0 spiro atoms. The number of aliphatic carboxylic acids is 2. The molecule has 1 aromatic carbocycles. The van der Waals surface area contributed by atoms with Crippen LogP contribution in [0.1, 0.15) is 12.8 Å². The molecule has 0 bridgehead atoms. The van der Waals surface area contributed by atoms with Crippen molar-refractivity contribution in [3.63, 3.8) is 0 Å². The molecule has 1 saturated heterocycles. The van der Waals surface area contributed by atoms with Crippen LogP contribution in [0.25, 0.3) is 0 Å². The van der Waals surface area contributed by atoms with Crippen molar-refractivity contribution in [2.45, 2.75) is 18.9 Å². The summed E-state index contributed by atoms with van der Waals surface area (Å²) in [5, 5.41) is 20.3. The van der Waals surface area contributed by atoms with E-state index in [9.17, 15) is 19.2 Å². The molecule has 8 nitrogen and oxygen atoms in total. The molecule has 1 fully saturated rings. The number of nitrogens with one attached hydrogen (secondary N) is 1. The van der Waals surface area contributed by atoms with Crippen molar-refractivity contribution in [2.75, 3.05) is 11.4 Å². The van der Waals surface area contributed by atoms with Crippen molar-refractivity contribution >= 4 is 41.0 Å². The zero-order valence-electron chi connectivity index (χ0n) is 12.4. The first-order valence-electron chi connectivity index (χ1n) is 7.09. The summed E-state index contributed by atoms with van der Waals surface area (Å²) in [5.41, 5.74) is 0.583. The van der Waals surface area contributed by atoms with Gasteiger partial charge in [0, 0.05) is 23.7 Å². The minimum Gasteiger partial charge on any atom is -0.481 e. The number of hydrogen-bond donors (Lipinski definition) is 3. The van der Waals surface area contributed by atoms with Crippen molar-refractivity contribution in [3.05, 3.63) is 29.3 Å². The average Bonchev–Trinajstić information content (AvgIpc) is 2.89. The Morgan fingerprint density at radius 3 is 2.42 bits per heavy atom. The van der Waals surface area contributed by atoms with E-state index in [1.165, 1.54) is 4.90 Å². The third-order valence-corrected chi connectivity index (χ3v) is 3.88. The van der Waals surface area contributed by atoms with Gasteiger partial charge in [0.25, 0.3) is 0 Å². The number of carbonyl (C=O) groups is 4. The van der Waals surface area contributed by atoms with Gasteiger partial charge in [0.1, 0.15) is 6.04 Å². The van der Waals surface area contributed by atoms with E-state index < -0.39 is 36.2 Å². The van der Waals surface area contributed by atoms with Crippen LogP contribution in [-0.2, 0) is 19.2 Å². The minimum absolute atomic E-state index is 0.0755. The number of carbonyl (C=O) groups excluding carboxylic acids is 2. The second-order valence-corrected chi connectivity index (χ2v) is 5.82. The van der Waals surface area contributed by atoms with E-state index in [1.54, 1.807) is 24.3 Å². The van der Waals surface area contributed by atoms with Crippen LogP contribution in [0.3, 0.4) is 0 Å². The molecule has 9 heteroatoms. The topological polar surface area (TPSA) is 124 Å². The van der Waals surface area contributed by atoms with E-state index in [0.29, 0.717) is 10.7 Å². The smallest absolute Gasteiger partial charge is 0.326 e. The molecule has 2 amide bonds. The highest BCUT2D eigenvalue weighted by Gasteiger charge is 2.36. The Bertz CT molecular complexity index is 675. The molecule has 2 rings (SSSR count). The molecule has 128 valence electrons. The maximum absolute atomic E-state index is 12.2. The second kappa shape index (κ2) is 7.31. The standard InChI is InChI=1S/C15H15ClN2O6/c16-9-1-3-10(4-2-9)18-7-8(5-12(18)19)14(22)17-11(15(23)24)6-13(20)21/h1-4,8,11H,5-7H2,(H,17,22)(H,20,21)(H,23,24). The summed E-state index contributed by atoms with van der Waals surface area (Å²) in [7, 11) is 0. The lowest BCUT2D eigenvalue weighted by molar-refractivity contribution is -0.147. The molecule has 1 aromatic rings. The van der Waals surface area contributed by atoms with Gasteiger partial charge in [0.05, 0.1) is 12.3 Å². The van der Waals surface area contributed by atoms with Gasteiger partial charge in [-0.2, -0.15) is 0 Å². The maximum atomic E-state index is 12.2. The fraction of sp³-hybridized carbons (Fsp3) is 0.333. The number of rotatable bonds is 6. The first-order valence-corrected chi connectivity index (χ1v) is 7.46. The SMILES string of the molecule is O=C(O)CC(NC(=O)C1CC(=O)N(c2ccc(Cl)cc2)C1)C(=O)O. The Hall–Kier alpha value is -2.61. The third kappa shape index (κ3) is 4.23. The van der Waals surface area contributed by atoms with Gasteiger partial charge >= 0.3 is 11.9 Å². The molecule has 2 unspecified atom stereocenters. The lowest BCUT2D eigenvalue weighted by atomic mass is 10.1. The van der Waals surface area contributed by atoms with E-state index in [2.05, 4.69) is 5.32 Å². The lowest BCUT2D eigenvalue weighted by Gasteiger charge is -2.18. The Morgan fingerprint density at radius 1 is 1.25 bits per heavy atom. The van der Waals surface area contributed by atoms with Crippen LogP contribution in [-0.4, -0.2) is 46.6 Å². The fourth-order valence-electron chi connectivity index (χ4n) is 2.42. The zero-order valence-corrected chi connectivity index (χ0v) is 13.2. The summed E-state index contributed by atoms with van der Waals surface area (Å²) >= 11 is 5.79. The number of carboxylic acid groups (broad SMARTS) is 2. The molecule has 1 aliphatic heterocycles. The molecule has 0 aliphatic carbocycles. The number of benzene rings is 1. The van der Waals surface area contributed by atoms with Crippen LogP contribution in [0.15, 0.2) is 24.3 Å². The Morgan fingerprint density at radius 2 is 1.88 bits per heavy atom. The number of nitrogens with zero attached hydrogens (tertiary/aromatic N) is 1. The summed E-state index contributed by atoms with van der Waals surface area (Å²) in [6, 6.07) is 4.99. The molecule has 1 heterocycles. The van der Waals surface area contributed by atoms with E-state index in [-0.39, 0.29) is 18.9 Å². The van der Waals surface area contributed by atoms with Gasteiger partial charge in [-0.05, 0) is 24.3 Å². The molecular weight excluding hydrogens is 340 g/mol. The number of halogens is 1. The normalized spacial score (nSPS) is 18.3. The molecule has 0 aromatic heterocycles. The van der Waals surface area contributed by atoms with E-state index in [4.69, 9.17) is 21.8 Å². The largest absolute Gasteiger partial charge is 0.481 e. The number of amides is 2. The number of carboxylic acids is 2. The highest BCUT2D eigenvalue weighted by molar-refractivity contribution is 6.30. The first-order chi connectivity index (χ1) is 11.3. The van der Waals surface area contributed by atoms with Crippen molar-refractivity contribution < 1.29 is 29.4 Å². The van der Waals surface area contributed by atoms with Crippen LogP contribution in [0.4, 0.5) is 5.69 Å². The van der Waals surface area contributed by atoms with Gasteiger partial charge < -0.3 is 20.4 Å². The zero-order chi connectivity index (χ0) is 17.9. The molecule has 1 aliphatic rings. The van der Waals surface area contributed by atoms with Crippen molar-refractivity contribution in [1.29, 1.82) is 0 Å². The van der Waals surface area contributed by atoms with Gasteiger partial charge in [0.2, 0.25) is 11.8 Å². The monoisotopic (exact) mass is 354 g/mol. The molecule has 0 saturated carbocycles. The van der Waals surface area contributed by atoms with Crippen molar-refractivity contribution in [1.82, 2.24) is 5.32 Å². The first kappa shape index (κ1) is 17.7. The molecule has 24 heavy (non-hydrogen) atoms. The van der Waals surface area contributed by atoms with Crippen molar-refractivity contribution in [2.24, 2.45) is 5.92 Å². The molecule has 3 N–H and O–H groups in total. The summed E-state index contributed by atoms with van der Waals surface area (Å²) in [6.07, 6.45) is -0.809. The third-order valence-electron chi connectivity index (χ3n) is 3.63. The molecule has 2 atom stereocenters. The van der Waals surface area contributed by atoms with Gasteiger partial charge in [-0.25, -0.2) is 4.79 Å². The highest BCUT2D eigenvalue weighted by atomic mass is 35.5. The van der Waals surface area contributed by atoms with Crippen LogP contribution < -0.4 is 10.2 Å². The van der Waals surface area contributed by atoms with Gasteiger partial charge in [0.15, 0.2) is 0 Å². The van der Waals surface area contributed by atoms with Gasteiger partial charge in [-0.3, -0.25) is 14.4 Å². The summed E-state index contributed by atoms with van der Waals surface area (Å²) in [4.78, 5) is 47.3. The quantitative estimate of drug-likeness (QED) is 0.692. The van der Waals surface area contributed by atoms with Crippen LogP contribution in [0, 0.1) is 5.92 Å². The predicted molar refractivity (Wildman–Crippen MR) is 83.7 cm³/mol. The fourth-order valence-corrected chi connectivity index (χ4v) is 2.54. The average molecular weight is 355 g/mol. The number of hydrogen-bond acceptors (Lipinski definition) is 4. The Kier molecular flexibility index (Phi) is 5.40. The lowest BCUT2D eigenvalue weighted by Crippen LogP contribution is -2.45. The summed E-state index contributed by atoms with van der Waals surface area (Å²) < 4.78 is 0. The van der Waals surface area contributed by atoms with Crippen LogP contribution in [0.5, 0.6) is 0 Å². The second-order valence-electron chi connectivity index (χ2n) is 5.38. The number of anilines is 1. The molecule has 0 radical (unpaired) electrons. The summed E-state index contributed by atoms with van der Waals surface area (Å²) in [6.45, 7) is 0.0890. The maximum Gasteiger partial charge on any atom is 0.326 e. The summed E-state index contributed by atoms with van der Waals surface area (Å²) in [5.74, 6) is -4.46. The van der Waals surface area contributed by atoms with E-state index in [0.717, 1.165) is 0 Å². The van der Waals surface area contributed by atoms with Crippen LogP contribution in [0.2, 0.25) is 5.02 Å². The van der Waals surface area contributed by atoms with Crippen molar-refractivity contribution in [3.8, 4) is 0 Å². The van der Waals surface area contributed by atoms with Gasteiger partial charge in [-0.15, -0.1) is 0 Å². The predicted octanol–water partition coefficient (Wildman–Crippen LogP) is 0.737. The van der Waals surface area contributed by atoms with E-state index in [1.807, 2.05) is 0 Å². The van der Waals surface area contributed by atoms with E-state index >= 15 is 0 Å².